The Morgan fingerprint density at radius 1 is 1.16 bits per heavy atom. The molecular weight excluding hydrogens is 256 g/mol. The molecule has 5 heteroatoms. The van der Waals surface area contributed by atoms with Crippen LogP contribution in [0.4, 0.5) is 0 Å². The topological polar surface area (TPSA) is 56.2 Å². The van der Waals surface area contributed by atoms with Crippen LogP contribution in [-0.2, 0) is 0 Å². The first kappa shape index (κ1) is 11.8. The lowest BCUT2D eigenvalue weighted by Crippen LogP contribution is -2.12. The van der Waals surface area contributed by atoms with Crippen molar-refractivity contribution in [1.82, 2.24) is 14.6 Å². The number of pyridine rings is 1. The van der Waals surface area contributed by atoms with Crippen LogP contribution in [0.1, 0.15) is 11.3 Å². The van der Waals surface area contributed by atoms with E-state index in [2.05, 4.69) is 10.1 Å². The number of aryl methyl sites for hydroxylation is 1. The number of fused-ring (bicyclic) bond motifs is 1. The molecule has 0 saturated carbocycles. The fraction of sp³-hybridized carbons (Fsp3) is 0.0714. The molecule has 3 aromatic rings. The van der Waals surface area contributed by atoms with Gasteiger partial charge in [0.2, 0.25) is 0 Å². The predicted octanol–water partition coefficient (Wildman–Crippen LogP) is 2.34. The molecule has 0 spiro atoms. The van der Waals surface area contributed by atoms with Gasteiger partial charge in [0.15, 0.2) is 11.5 Å². The van der Waals surface area contributed by atoms with Crippen molar-refractivity contribution in [3.05, 3.63) is 53.7 Å². The maximum Gasteiger partial charge on any atom is 0.182 e. The summed E-state index contributed by atoms with van der Waals surface area (Å²) >= 11 is 5.06. The standard InChI is InChI=1S/C14H12N4S/c1-9-7-8-11(12(15)19)14-16-13(17-18(9)14)10-5-3-2-4-6-10/h2-8H,1H3,(H2,15,19). The van der Waals surface area contributed by atoms with Crippen molar-refractivity contribution >= 4 is 22.9 Å². The summed E-state index contributed by atoms with van der Waals surface area (Å²) < 4.78 is 1.77. The Hall–Kier alpha value is -2.27. The van der Waals surface area contributed by atoms with Gasteiger partial charge in [-0.25, -0.2) is 9.50 Å². The van der Waals surface area contributed by atoms with Crippen LogP contribution in [-0.4, -0.2) is 19.6 Å². The predicted molar refractivity (Wildman–Crippen MR) is 79.0 cm³/mol. The molecule has 2 aromatic heterocycles. The number of thiocarbonyl (C=S) groups is 1. The van der Waals surface area contributed by atoms with Crippen molar-refractivity contribution in [3.8, 4) is 11.4 Å². The second-order valence-corrected chi connectivity index (χ2v) is 4.73. The van der Waals surface area contributed by atoms with E-state index in [9.17, 15) is 0 Å². The zero-order valence-corrected chi connectivity index (χ0v) is 11.2. The third-order valence-electron chi connectivity index (χ3n) is 2.97. The van der Waals surface area contributed by atoms with E-state index in [0.717, 1.165) is 16.8 Å². The van der Waals surface area contributed by atoms with Gasteiger partial charge in [-0.15, -0.1) is 5.10 Å². The minimum atomic E-state index is 0.331. The smallest absolute Gasteiger partial charge is 0.182 e. The van der Waals surface area contributed by atoms with E-state index in [4.69, 9.17) is 18.0 Å². The number of rotatable bonds is 2. The van der Waals surface area contributed by atoms with Gasteiger partial charge in [-0.1, -0.05) is 42.5 Å². The molecule has 0 aliphatic rings. The van der Waals surface area contributed by atoms with Crippen molar-refractivity contribution < 1.29 is 0 Å². The van der Waals surface area contributed by atoms with Gasteiger partial charge in [0.05, 0.1) is 5.56 Å². The largest absolute Gasteiger partial charge is 0.389 e. The molecule has 0 aliphatic heterocycles. The SMILES string of the molecule is Cc1ccc(C(N)=S)c2nc(-c3ccccc3)nn12. The summed E-state index contributed by atoms with van der Waals surface area (Å²) in [6, 6.07) is 13.7. The summed E-state index contributed by atoms with van der Waals surface area (Å²) in [5, 5.41) is 4.52. The van der Waals surface area contributed by atoms with Crippen LogP contribution >= 0.6 is 12.2 Å². The lowest BCUT2D eigenvalue weighted by Gasteiger charge is -2.02. The number of aromatic nitrogens is 3. The summed E-state index contributed by atoms with van der Waals surface area (Å²) in [4.78, 5) is 4.88. The van der Waals surface area contributed by atoms with Crippen molar-refractivity contribution in [2.75, 3.05) is 0 Å². The molecule has 2 heterocycles. The molecule has 0 amide bonds. The van der Waals surface area contributed by atoms with E-state index >= 15 is 0 Å². The van der Waals surface area contributed by atoms with Crippen LogP contribution in [0.15, 0.2) is 42.5 Å². The Morgan fingerprint density at radius 3 is 2.58 bits per heavy atom. The lowest BCUT2D eigenvalue weighted by molar-refractivity contribution is 0.917. The minimum Gasteiger partial charge on any atom is -0.389 e. The Morgan fingerprint density at radius 2 is 1.89 bits per heavy atom. The molecule has 0 radical (unpaired) electrons. The molecule has 3 rings (SSSR count). The average Bonchev–Trinajstić information content (AvgIpc) is 2.85. The molecule has 94 valence electrons. The van der Waals surface area contributed by atoms with E-state index in [1.165, 1.54) is 0 Å². The summed E-state index contributed by atoms with van der Waals surface area (Å²) in [5.74, 6) is 0.674. The zero-order valence-electron chi connectivity index (χ0n) is 10.4. The average molecular weight is 268 g/mol. The van der Waals surface area contributed by atoms with Crippen molar-refractivity contribution in [3.63, 3.8) is 0 Å². The van der Waals surface area contributed by atoms with Gasteiger partial charge >= 0.3 is 0 Å². The maximum absolute atomic E-state index is 5.73. The first-order valence-corrected chi connectivity index (χ1v) is 6.29. The van der Waals surface area contributed by atoms with Gasteiger partial charge < -0.3 is 5.73 Å². The van der Waals surface area contributed by atoms with Gasteiger partial charge in [0.1, 0.15) is 4.99 Å². The zero-order chi connectivity index (χ0) is 13.4. The number of hydrogen-bond acceptors (Lipinski definition) is 3. The van der Waals surface area contributed by atoms with Gasteiger partial charge in [-0.3, -0.25) is 0 Å². The van der Waals surface area contributed by atoms with E-state index in [0.29, 0.717) is 16.5 Å². The Labute approximate surface area is 115 Å². The third kappa shape index (κ3) is 1.98. The first-order chi connectivity index (χ1) is 9.16. The van der Waals surface area contributed by atoms with Gasteiger partial charge in [0, 0.05) is 11.3 Å². The fourth-order valence-electron chi connectivity index (χ4n) is 1.98. The highest BCUT2D eigenvalue weighted by Crippen LogP contribution is 2.19. The highest BCUT2D eigenvalue weighted by molar-refractivity contribution is 7.80. The monoisotopic (exact) mass is 268 g/mol. The Bertz CT molecular complexity index is 762. The van der Waals surface area contributed by atoms with Crippen LogP contribution in [0.3, 0.4) is 0 Å². The molecule has 1 aromatic carbocycles. The van der Waals surface area contributed by atoms with E-state index in [1.807, 2.05) is 49.4 Å². The van der Waals surface area contributed by atoms with E-state index < -0.39 is 0 Å². The van der Waals surface area contributed by atoms with Crippen LogP contribution in [0, 0.1) is 6.92 Å². The number of benzene rings is 1. The molecule has 0 fully saturated rings. The van der Waals surface area contributed by atoms with Crippen molar-refractivity contribution in [1.29, 1.82) is 0 Å². The molecule has 19 heavy (non-hydrogen) atoms. The number of nitrogens with two attached hydrogens (primary N) is 1. The highest BCUT2D eigenvalue weighted by atomic mass is 32.1. The van der Waals surface area contributed by atoms with Crippen LogP contribution in [0.2, 0.25) is 0 Å². The summed E-state index contributed by atoms with van der Waals surface area (Å²) in [6.07, 6.45) is 0. The second kappa shape index (κ2) is 4.44. The molecule has 0 saturated heterocycles. The van der Waals surface area contributed by atoms with E-state index in [-0.39, 0.29) is 0 Å². The second-order valence-electron chi connectivity index (χ2n) is 4.29. The summed E-state index contributed by atoms with van der Waals surface area (Å²) in [6.45, 7) is 1.97. The van der Waals surface area contributed by atoms with Crippen LogP contribution < -0.4 is 5.73 Å². The normalized spacial score (nSPS) is 10.8. The molecule has 0 unspecified atom stereocenters. The number of nitrogens with zero attached hydrogens (tertiary/aromatic N) is 3. The molecule has 2 N–H and O–H groups in total. The molecular formula is C14H12N4S. The highest BCUT2D eigenvalue weighted by Gasteiger charge is 2.12. The quantitative estimate of drug-likeness (QED) is 0.725. The minimum absolute atomic E-state index is 0.331. The Kier molecular flexibility index (Phi) is 2.76. The number of hydrogen-bond donors (Lipinski definition) is 1. The lowest BCUT2D eigenvalue weighted by atomic mass is 10.2. The summed E-state index contributed by atoms with van der Waals surface area (Å²) in [7, 11) is 0. The van der Waals surface area contributed by atoms with Crippen molar-refractivity contribution in [2.24, 2.45) is 5.73 Å². The fourth-order valence-corrected chi connectivity index (χ4v) is 2.14. The van der Waals surface area contributed by atoms with Gasteiger partial charge in [0.25, 0.3) is 0 Å². The molecule has 0 atom stereocenters. The first-order valence-electron chi connectivity index (χ1n) is 5.88. The third-order valence-corrected chi connectivity index (χ3v) is 3.19. The maximum atomic E-state index is 5.73. The van der Waals surface area contributed by atoms with E-state index in [1.54, 1.807) is 4.52 Å². The molecule has 0 bridgehead atoms. The molecule has 0 aliphatic carbocycles. The van der Waals surface area contributed by atoms with Crippen LogP contribution in [0.5, 0.6) is 0 Å². The van der Waals surface area contributed by atoms with Crippen LogP contribution in [0.25, 0.3) is 17.0 Å². The van der Waals surface area contributed by atoms with Gasteiger partial charge in [-0.05, 0) is 19.1 Å². The summed E-state index contributed by atoms with van der Waals surface area (Å²) in [5.41, 5.74) is 9.14. The van der Waals surface area contributed by atoms with Crippen molar-refractivity contribution in [2.45, 2.75) is 6.92 Å². The molecule has 4 nitrogen and oxygen atoms in total. The van der Waals surface area contributed by atoms with Gasteiger partial charge in [-0.2, -0.15) is 0 Å². The Balaban J connectivity index is 2.29.